The predicted octanol–water partition coefficient (Wildman–Crippen LogP) is 8.41. The summed E-state index contributed by atoms with van der Waals surface area (Å²) in [6, 6.07) is 30.5. The molecule has 3 nitrogen and oxygen atoms in total. The Labute approximate surface area is 202 Å². The lowest BCUT2D eigenvalue weighted by atomic mass is 10.1. The van der Waals surface area contributed by atoms with Crippen molar-refractivity contribution in [2.45, 2.75) is 0 Å². The topological polar surface area (TPSA) is 37.6 Å². The van der Waals surface area contributed by atoms with Crippen LogP contribution in [0, 0.1) is 0 Å². The van der Waals surface area contributed by atoms with E-state index in [9.17, 15) is 0 Å². The van der Waals surface area contributed by atoms with Crippen molar-refractivity contribution in [2.75, 3.05) is 0 Å². The van der Waals surface area contributed by atoms with Gasteiger partial charge in [0.25, 0.3) is 0 Å². The first-order valence-electron chi connectivity index (χ1n) is 10.1. The third-order valence-corrected chi connectivity index (χ3v) is 6.10. The molecule has 0 atom stereocenters. The van der Waals surface area contributed by atoms with Crippen LogP contribution < -0.4 is 0 Å². The summed E-state index contributed by atoms with van der Waals surface area (Å²) >= 11 is 6.91. The van der Waals surface area contributed by atoms with Gasteiger partial charge in [-0.05, 0) is 65.7 Å². The van der Waals surface area contributed by atoms with E-state index in [1.54, 1.807) is 0 Å². The van der Waals surface area contributed by atoms with Gasteiger partial charge in [-0.25, -0.2) is 4.98 Å². The molecule has 32 heavy (non-hydrogen) atoms. The summed E-state index contributed by atoms with van der Waals surface area (Å²) in [6.45, 7) is 0. The molecule has 0 N–H and O–H groups in total. The van der Waals surface area contributed by atoms with Crippen molar-refractivity contribution in [3.05, 3.63) is 111 Å². The molecule has 0 saturated carbocycles. The number of fused-ring (bicyclic) bond motifs is 2. The fraction of sp³-hybridized carbons (Fsp3) is 0. The Morgan fingerprint density at radius 1 is 0.531 bits per heavy atom. The minimum atomic E-state index is 0.872. The van der Waals surface area contributed by atoms with Gasteiger partial charge in [0.1, 0.15) is 0 Å². The number of halogens is 2. The van der Waals surface area contributed by atoms with Gasteiger partial charge in [0, 0.05) is 32.1 Å². The molecule has 154 valence electrons. The number of benzene rings is 4. The van der Waals surface area contributed by atoms with Gasteiger partial charge in [0.15, 0.2) is 0 Å². The molecule has 5 rings (SSSR count). The molecule has 1 aromatic heterocycles. The standard InChI is InChI=1S/C27H17Br2N3/c28-22-7-1-18(2-8-22)16-30-24-11-5-20-13-21-6-12-25(15-27(21)32-26(20)14-24)31-17-19-3-9-23(29)10-4-19/h1-17H. The predicted molar refractivity (Wildman–Crippen MR) is 142 cm³/mol. The molecule has 0 aliphatic heterocycles. The average Bonchev–Trinajstić information content (AvgIpc) is 2.82. The first-order valence-corrected chi connectivity index (χ1v) is 11.6. The molecule has 1 heterocycles. The molecular weight excluding hydrogens is 526 g/mol. The first-order chi connectivity index (χ1) is 15.6. The lowest BCUT2D eigenvalue weighted by Gasteiger charge is -2.04. The number of hydrogen-bond donors (Lipinski definition) is 0. The van der Waals surface area contributed by atoms with Gasteiger partial charge in [0.05, 0.1) is 22.4 Å². The van der Waals surface area contributed by atoms with Gasteiger partial charge in [-0.2, -0.15) is 0 Å². The van der Waals surface area contributed by atoms with Crippen LogP contribution in [0.3, 0.4) is 0 Å². The smallest absolute Gasteiger partial charge is 0.0731 e. The van der Waals surface area contributed by atoms with Crippen molar-refractivity contribution >= 4 is 77.5 Å². The third-order valence-electron chi connectivity index (χ3n) is 5.05. The second-order valence-corrected chi connectivity index (χ2v) is 9.19. The van der Waals surface area contributed by atoms with Gasteiger partial charge < -0.3 is 0 Å². The maximum absolute atomic E-state index is 4.87. The number of hydrogen-bond acceptors (Lipinski definition) is 3. The van der Waals surface area contributed by atoms with Gasteiger partial charge in [-0.15, -0.1) is 0 Å². The van der Waals surface area contributed by atoms with Crippen LogP contribution >= 0.6 is 31.9 Å². The molecule has 0 amide bonds. The van der Waals surface area contributed by atoms with Crippen molar-refractivity contribution < 1.29 is 0 Å². The maximum atomic E-state index is 4.87. The van der Waals surface area contributed by atoms with Crippen molar-refractivity contribution in [1.82, 2.24) is 4.98 Å². The monoisotopic (exact) mass is 541 g/mol. The summed E-state index contributed by atoms with van der Waals surface area (Å²) in [5.74, 6) is 0. The van der Waals surface area contributed by atoms with E-state index in [1.165, 1.54) is 0 Å². The SMILES string of the molecule is Brc1ccc(C=Nc2ccc3cc4ccc(N=Cc5ccc(Br)cc5)cc4nc3c2)cc1. The fourth-order valence-electron chi connectivity index (χ4n) is 3.36. The summed E-state index contributed by atoms with van der Waals surface area (Å²) in [5.41, 5.74) is 5.67. The Bertz CT molecular complexity index is 1360. The Morgan fingerprint density at radius 2 is 0.969 bits per heavy atom. The molecule has 5 aromatic rings. The lowest BCUT2D eigenvalue weighted by molar-refractivity contribution is 1.46. The lowest BCUT2D eigenvalue weighted by Crippen LogP contribution is -1.84. The van der Waals surface area contributed by atoms with E-state index in [4.69, 9.17) is 4.98 Å². The van der Waals surface area contributed by atoms with E-state index in [-0.39, 0.29) is 0 Å². The molecule has 0 spiro atoms. The molecular formula is C27H17Br2N3. The van der Waals surface area contributed by atoms with Crippen LogP contribution in [0.5, 0.6) is 0 Å². The minimum absolute atomic E-state index is 0.872. The molecule has 5 heteroatoms. The average molecular weight is 543 g/mol. The molecule has 0 fully saturated rings. The van der Waals surface area contributed by atoms with Gasteiger partial charge in [-0.3, -0.25) is 9.98 Å². The first kappa shape index (κ1) is 20.7. The Kier molecular flexibility index (Phi) is 5.93. The van der Waals surface area contributed by atoms with Crippen molar-refractivity contribution in [1.29, 1.82) is 0 Å². The highest BCUT2D eigenvalue weighted by atomic mass is 79.9. The van der Waals surface area contributed by atoms with Gasteiger partial charge in [0.2, 0.25) is 0 Å². The van der Waals surface area contributed by atoms with E-state index < -0.39 is 0 Å². The van der Waals surface area contributed by atoms with Crippen molar-refractivity contribution in [2.24, 2.45) is 9.98 Å². The largest absolute Gasteiger partial charge is 0.256 e. The highest BCUT2D eigenvalue weighted by Crippen LogP contribution is 2.26. The Balaban J connectivity index is 1.45. The van der Waals surface area contributed by atoms with Crippen LogP contribution in [-0.2, 0) is 0 Å². The van der Waals surface area contributed by atoms with E-state index in [2.05, 4.69) is 60.0 Å². The van der Waals surface area contributed by atoms with Crippen molar-refractivity contribution in [3.8, 4) is 0 Å². The molecule has 0 unspecified atom stereocenters. The van der Waals surface area contributed by atoms with Crippen LogP contribution in [0.25, 0.3) is 21.8 Å². The number of pyridine rings is 1. The van der Waals surface area contributed by atoms with Crippen LogP contribution in [0.4, 0.5) is 11.4 Å². The highest BCUT2D eigenvalue weighted by molar-refractivity contribution is 9.10. The van der Waals surface area contributed by atoms with E-state index in [0.29, 0.717) is 0 Å². The molecule has 0 aliphatic rings. The summed E-state index contributed by atoms with van der Waals surface area (Å²) in [6.07, 6.45) is 3.73. The molecule has 4 aromatic carbocycles. The second kappa shape index (κ2) is 9.15. The van der Waals surface area contributed by atoms with E-state index >= 15 is 0 Å². The zero-order valence-electron chi connectivity index (χ0n) is 16.9. The van der Waals surface area contributed by atoms with E-state index in [0.717, 1.165) is 53.3 Å². The van der Waals surface area contributed by atoms with Crippen LogP contribution in [0.15, 0.2) is 110 Å². The quantitative estimate of drug-likeness (QED) is 0.166. The second-order valence-electron chi connectivity index (χ2n) is 7.36. The van der Waals surface area contributed by atoms with Crippen LogP contribution in [0.1, 0.15) is 11.1 Å². The minimum Gasteiger partial charge on any atom is -0.256 e. The van der Waals surface area contributed by atoms with E-state index in [1.807, 2.05) is 85.2 Å². The van der Waals surface area contributed by atoms with Crippen LogP contribution in [0.2, 0.25) is 0 Å². The fourth-order valence-corrected chi connectivity index (χ4v) is 3.88. The Hall–Kier alpha value is -3.15. The Morgan fingerprint density at radius 3 is 1.41 bits per heavy atom. The van der Waals surface area contributed by atoms with Crippen LogP contribution in [-0.4, -0.2) is 17.4 Å². The van der Waals surface area contributed by atoms with Gasteiger partial charge >= 0.3 is 0 Å². The molecule has 0 aliphatic carbocycles. The number of rotatable bonds is 4. The summed E-state index contributed by atoms with van der Waals surface area (Å²) < 4.78 is 2.11. The molecule has 0 saturated heterocycles. The normalized spacial score (nSPS) is 11.8. The zero-order chi connectivity index (χ0) is 21.9. The number of nitrogens with zero attached hydrogens (tertiary/aromatic N) is 3. The molecule has 0 bridgehead atoms. The third kappa shape index (κ3) is 4.85. The van der Waals surface area contributed by atoms with Crippen molar-refractivity contribution in [3.63, 3.8) is 0 Å². The molecule has 0 radical (unpaired) electrons. The maximum Gasteiger partial charge on any atom is 0.0731 e. The van der Waals surface area contributed by atoms with Gasteiger partial charge in [-0.1, -0.05) is 68.3 Å². The summed E-state index contributed by atoms with van der Waals surface area (Å²) in [4.78, 5) is 14.1. The zero-order valence-corrected chi connectivity index (χ0v) is 20.1. The summed E-state index contributed by atoms with van der Waals surface area (Å²) in [5, 5.41) is 2.18. The highest BCUT2D eigenvalue weighted by Gasteiger charge is 2.03. The summed E-state index contributed by atoms with van der Waals surface area (Å²) in [7, 11) is 0. The number of aliphatic imine (C=N–C) groups is 2. The number of aromatic nitrogens is 1.